The third-order valence-corrected chi connectivity index (χ3v) is 5.43. The first-order valence-electron chi connectivity index (χ1n) is 8.67. The number of nitriles is 1. The molecule has 0 saturated heterocycles. The molecule has 21 heavy (non-hydrogen) atoms. The largest absolute Gasteiger partial charge is 0.196 e. The summed E-state index contributed by atoms with van der Waals surface area (Å²) in [5.41, 5.74) is 0. The van der Waals surface area contributed by atoms with E-state index in [1.807, 2.05) is 0 Å². The fourth-order valence-corrected chi connectivity index (χ4v) is 3.85. The van der Waals surface area contributed by atoms with Crippen LogP contribution in [0, 0.1) is 35.0 Å². The summed E-state index contributed by atoms with van der Waals surface area (Å²) in [5.74, 6) is 2.09. The Morgan fingerprint density at radius 3 is 1.90 bits per heavy atom. The third kappa shape index (κ3) is 5.30. The summed E-state index contributed by atoms with van der Waals surface area (Å²) in [6, 6.07) is 1.58. The van der Waals surface area contributed by atoms with E-state index in [-0.39, 0.29) is 5.92 Å². The van der Waals surface area contributed by atoms with Crippen molar-refractivity contribution in [2.75, 3.05) is 0 Å². The Bertz CT molecular complexity index is 402. The van der Waals surface area contributed by atoms with Crippen LogP contribution in [0.5, 0.6) is 0 Å². The second kappa shape index (κ2) is 8.37. The van der Waals surface area contributed by atoms with Crippen molar-refractivity contribution >= 4 is 0 Å². The van der Waals surface area contributed by atoms with Gasteiger partial charge in [-0.25, -0.2) is 0 Å². The highest BCUT2D eigenvalue weighted by molar-refractivity contribution is 5.13. The van der Waals surface area contributed by atoms with E-state index in [2.05, 4.69) is 19.1 Å². The van der Waals surface area contributed by atoms with E-state index in [4.69, 9.17) is 5.26 Å². The third-order valence-electron chi connectivity index (χ3n) is 5.43. The number of hydrogen-bond donors (Lipinski definition) is 0. The van der Waals surface area contributed by atoms with Crippen LogP contribution in [0.2, 0.25) is 0 Å². The maximum Gasteiger partial charge on any atom is 0.196 e. The number of halogens is 1. The van der Waals surface area contributed by atoms with Crippen molar-refractivity contribution in [1.29, 1.82) is 5.26 Å². The Kier molecular flexibility index (Phi) is 6.49. The molecule has 2 fully saturated rings. The van der Waals surface area contributed by atoms with Crippen molar-refractivity contribution < 1.29 is 4.39 Å². The lowest BCUT2D eigenvalue weighted by Gasteiger charge is -2.27. The Morgan fingerprint density at radius 2 is 1.43 bits per heavy atom. The molecule has 0 unspecified atom stereocenters. The van der Waals surface area contributed by atoms with Crippen molar-refractivity contribution in [3.8, 4) is 6.07 Å². The molecule has 0 amide bonds. The van der Waals surface area contributed by atoms with E-state index in [1.165, 1.54) is 38.2 Å². The molecular weight excluding hydrogens is 261 g/mol. The van der Waals surface area contributed by atoms with Gasteiger partial charge in [-0.3, -0.25) is 0 Å². The molecule has 0 heterocycles. The predicted octanol–water partition coefficient (Wildman–Crippen LogP) is 5.94. The highest BCUT2D eigenvalue weighted by Gasteiger charge is 2.21. The molecule has 2 heteroatoms. The molecule has 0 spiro atoms. The normalized spacial score (nSPS) is 34.8. The fourth-order valence-electron chi connectivity index (χ4n) is 3.85. The van der Waals surface area contributed by atoms with E-state index in [9.17, 15) is 4.39 Å². The summed E-state index contributed by atoms with van der Waals surface area (Å²) in [6.45, 7) is 2.31. The van der Waals surface area contributed by atoms with Gasteiger partial charge in [-0.05, 0) is 81.1 Å². The van der Waals surface area contributed by atoms with Gasteiger partial charge >= 0.3 is 0 Å². The zero-order chi connectivity index (χ0) is 15.1. The Hall–Kier alpha value is -1.10. The minimum Gasteiger partial charge on any atom is -0.195 e. The van der Waals surface area contributed by atoms with Gasteiger partial charge in [-0.15, -0.1) is 0 Å². The fraction of sp³-hybridized carbons (Fsp3) is 0.737. The highest BCUT2D eigenvalue weighted by Crippen LogP contribution is 2.34. The molecule has 0 radical (unpaired) electrons. The monoisotopic (exact) mass is 289 g/mol. The first kappa shape index (κ1) is 16.3. The molecule has 0 aromatic heterocycles. The Labute approximate surface area is 128 Å². The summed E-state index contributed by atoms with van der Waals surface area (Å²) in [4.78, 5) is 0. The number of rotatable bonds is 4. The molecule has 2 aliphatic carbocycles. The van der Waals surface area contributed by atoms with Crippen LogP contribution in [-0.2, 0) is 0 Å². The molecule has 0 aliphatic heterocycles. The van der Waals surface area contributed by atoms with Crippen LogP contribution in [0.3, 0.4) is 0 Å². The van der Waals surface area contributed by atoms with E-state index in [0.29, 0.717) is 5.92 Å². The van der Waals surface area contributed by atoms with Gasteiger partial charge in [-0.1, -0.05) is 25.5 Å². The summed E-state index contributed by atoms with van der Waals surface area (Å²) in [7, 11) is 0. The van der Waals surface area contributed by atoms with Gasteiger partial charge in [0.2, 0.25) is 0 Å². The lowest BCUT2D eigenvalue weighted by Crippen LogP contribution is -2.14. The molecule has 0 atom stereocenters. The molecule has 0 aromatic rings. The molecule has 0 aromatic carbocycles. The zero-order valence-electron chi connectivity index (χ0n) is 13.2. The van der Waals surface area contributed by atoms with Crippen molar-refractivity contribution in [3.63, 3.8) is 0 Å². The van der Waals surface area contributed by atoms with E-state index in [0.717, 1.165) is 37.5 Å². The van der Waals surface area contributed by atoms with Crippen LogP contribution < -0.4 is 0 Å². The van der Waals surface area contributed by atoms with Crippen LogP contribution in [0.25, 0.3) is 0 Å². The van der Waals surface area contributed by atoms with Crippen LogP contribution in [-0.4, -0.2) is 0 Å². The zero-order valence-corrected chi connectivity index (χ0v) is 13.2. The smallest absolute Gasteiger partial charge is 0.195 e. The van der Waals surface area contributed by atoms with Gasteiger partial charge in [0.05, 0.1) is 0 Å². The van der Waals surface area contributed by atoms with E-state index >= 15 is 0 Å². The van der Waals surface area contributed by atoms with Crippen molar-refractivity contribution in [3.05, 3.63) is 24.1 Å². The first-order chi connectivity index (χ1) is 10.2. The topological polar surface area (TPSA) is 23.8 Å². The molecule has 0 bridgehead atoms. The Balaban J connectivity index is 1.71. The standard InChI is InChI=1S/C19H28FN/c1-2-15-3-5-16(6-4-15)7-8-17-9-11-18(12-10-17)13-19(20)14-21/h7-8,13,15-18H,2-6,9-12H2,1H3/b8-7+,19-13+/t15-,16-,17-,18-. The highest BCUT2D eigenvalue weighted by atomic mass is 19.1. The van der Waals surface area contributed by atoms with Gasteiger partial charge in [-0.2, -0.15) is 9.65 Å². The van der Waals surface area contributed by atoms with Crippen molar-refractivity contribution in [1.82, 2.24) is 0 Å². The lowest BCUT2D eigenvalue weighted by molar-refractivity contribution is 0.301. The minimum atomic E-state index is -0.610. The second-order valence-electron chi connectivity index (χ2n) is 6.88. The van der Waals surface area contributed by atoms with Crippen molar-refractivity contribution in [2.45, 2.75) is 64.7 Å². The average Bonchev–Trinajstić information content (AvgIpc) is 2.54. The molecule has 2 rings (SSSR count). The maximum atomic E-state index is 13.0. The second-order valence-corrected chi connectivity index (χ2v) is 6.88. The first-order valence-corrected chi connectivity index (χ1v) is 8.67. The molecule has 116 valence electrons. The lowest BCUT2D eigenvalue weighted by atomic mass is 9.78. The Morgan fingerprint density at radius 1 is 0.952 bits per heavy atom. The molecule has 1 nitrogen and oxygen atoms in total. The van der Waals surface area contributed by atoms with Gasteiger partial charge < -0.3 is 0 Å². The van der Waals surface area contributed by atoms with Crippen LogP contribution in [0.1, 0.15) is 64.7 Å². The summed E-state index contributed by atoms with van der Waals surface area (Å²) in [5, 5.41) is 8.48. The average molecular weight is 289 g/mol. The molecule has 2 saturated carbocycles. The number of hydrogen-bond acceptors (Lipinski definition) is 1. The number of allylic oxidation sites excluding steroid dienone is 4. The van der Waals surface area contributed by atoms with Gasteiger partial charge in [0.15, 0.2) is 5.83 Å². The van der Waals surface area contributed by atoms with Crippen LogP contribution in [0.15, 0.2) is 24.1 Å². The summed E-state index contributed by atoms with van der Waals surface area (Å²) in [6.07, 6.45) is 17.6. The number of nitrogens with zero attached hydrogens (tertiary/aromatic N) is 1. The van der Waals surface area contributed by atoms with Crippen molar-refractivity contribution in [2.24, 2.45) is 23.7 Å². The van der Waals surface area contributed by atoms with E-state index < -0.39 is 5.83 Å². The molecule has 0 N–H and O–H groups in total. The minimum absolute atomic E-state index is 0.272. The summed E-state index contributed by atoms with van der Waals surface area (Å²) >= 11 is 0. The maximum absolute atomic E-state index is 13.0. The van der Waals surface area contributed by atoms with Gasteiger partial charge in [0.25, 0.3) is 0 Å². The summed E-state index contributed by atoms with van der Waals surface area (Å²) < 4.78 is 13.0. The predicted molar refractivity (Wildman–Crippen MR) is 85.1 cm³/mol. The van der Waals surface area contributed by atoms with Gasteiger partial charge in [0.1, 0.15) is 6.07 Å². The van der Waals surface area contributed by atoms with Crippen LogP contribution in [0.4, 0.5) is 4.39 Å². The van der Waals surface area contributed by atoms with Gasteiger partial charge in [0, 0.05) is 0 Å². The van der Waals surface area contributed by atoms with E-state index in [1.54, 1.807) is 6.07 Å². The van der Waals surface area contributed by atoms with Crippen LogP contribution >= 0.6 is 0 Å². The quantitative estimate of drug-likeness (QED) is 0.464. The molecule has 2 aliphatic rings. The molecular formula is C19H28FN. The SMILES string of the molecule is CC[C@H]1CC[C@H](/C=C/[C@H]2CC[C@H](/C=C(/F)C#N)CC2)CC1.